The van der Waals surface area contributed by atoms with Gasteiger partial charge in [-0.05, 0) is 44.2 Å². The van der Waals surface area contributed by atoms with E-state index in [1.165, 1.54) is 16.9 Å². The van der Waals surface area contributed by atoms with Crippen LogP contribution in [0.2, 0.25) is 0 Å². The highest BCUT2D eigenvalue weighted by atomic mass is 32.1. The average Bonchev–Trinajstić information content (AvgIpc) is 3.12. The second-order valence-corrected chi connectivity index (χ2v) is 8.91. The largest absolute Gasteiger partial charge is 0.396 e. The summed E-state index contributed by atoms with van der Waals surface area (Å²) in [6.45, 7) is 3.36. The minimum Gasteiger partial charge on any atom is -0.396 e. The lowest BCUT2D eigenvalue weighted by atomic mass is 9.76. The molecule has 0 spiro atoms. The Labute approximate surface area is 161 Å². The van der Waals surface area contributed by atoms with E-state index in [0.717, 1.165) is 50.4 Å². The molecule has 2 aromatic rings. The summed E-state index contributed by atoms with van der Waals surface area (Å²) in [4.78, 5) is 10.4. The number of likely N-dealkylation sites (tertiary alicyclic amines) is 1. The fourth-order valence-electron chi connectivity index (χ4n) is 3.97. The van der Waals surface area contributed by atoms with Gasteiger partial charge in [0.05, 0.1) is 0 Å². The number of aliphatic hydroxyl groups is 1. The lowest BCUT2D eigenvalue weighted by Crippen LogP contribution is -2.44. The first kappa shape index (κ1) is 19.3. The van der Waals surface area contributed by atoms with Gasteiger partial charge in [-0.3, -0.25) is 4.90 Å². The average molecular weight is 374 g/mol. The van der Waals surface area contributed by atoms with Crippen molar-refractivity contribution in [2.75, 3.05) is 38.7 Å². The zero-order valence-electron chi connectivity index (χ0n) is 16.0. The number of piperidine rings is 1. The van der Waals surface area contributed by atoms with Crippen LogP contribution in [0.4, 0.5) is 5.13 Å². The number of hydrogen-bond donors (Lipinski definition) is 1. The maximum atomic E-state index is 10.2. The minimum atomic E-state index is 0.0576. The quantitative estimate of drug-likeness (QED) is 0.764. The number of anilines is 1. The molecular weight excluding hydrogens is 342 g/mol. The van der Waals surface area contributed by atoms with Gasteiger partial charge in [-0.2, -0.15) is 0 Å². The Balaban J connectivity index is 1.55. The zero-order valence-corrected chi connectivity index (χ0v) is 16.8. The molecule has 0 aliphatic carbocycles. The van der Waals surface area contributed by atoms with Crippen LogP contribution in [-0.4, -0.2) is 48.8 Å². The van der Waals surface area contributed by atoms with Crippen LogP contribution in [0.15, 0.2) is 36.5 Å². The van der Waals surface area contributed by atoms with Gasteiger partial charge >= 0.3 is 0 Å². The number of hydrogen-bond acceptors (Lipinski definition) is 5. The Morgan fingerprint density at radius 1 is 1.27 bits per heavy atom. The smallest absolute Gasteiger partial charge is 0.185 e. The first-order chi connectivity index (χ1) is 12.6. The van der Waals surface area contributed by atoms with Crippen LogP contribution in [0, 0.1) is 5.41 Å². The normalized spacial score (nSPS) is 21.0. The third-order valence-electron chi connectivity index (χ3n) is 5.39. The number of aryl methyl sites for hydroxylation is 1. The second kappa shape index (κ2) is 8.98. The lowest BCUT2D eigenvalue weighted by molar-refractivity contribution is 0.0211. The lowest BCUT2D eigenvalue weighted by Gasteiger charge is -2.42. The van der Waals surface area contributed by atoms with Gasteiger partial charge in [-0.1, -0.05) is 30.3 Å². The summed E-state index contributed by atoms with van der Waals surface area (Å²) in [5.74, 6) is 0. The molecule has 1 atom stereocenters. The summed E-state index contributed by atoms with van der Waals surface area (Å²) in [5.41, 5.74) is 1.45. The van der Waals surface area contributed by atoms with Gasteiger partial charge in [-0.25, -0.2) is 4.98 Å². The van der Waals surface area contributed by atoms with Gasteiger partial charge in [0.2, 0.25) is 0 Å². The van der Waals surface area contributed by atoms with Crippen molar-refractivity contribution in [1.29, 1.82) is 0 Å². The molecule has 0 amide bonds. The van der Waals surface area contributed by atoms with Crippen molar-refractivity contribution < 1.29 is 5.11 Å². The van der Waals surface area contributed by atoms with Gasteiger partial charge in [0.15, 0.2) is 5.13 Å². The van der Waals surface area contributed by atoms with E-state index in [-0.39, 0.29) is 5.41 Å². The third kappa shape index (κ3) is 5.06. The van der Waals surface area contributed by atoms with Crippen LogP contribution in [0.1, 0.15) is 36.1 Å². The summed E-state index contributed by atoms with van der Waals surface area (Å²) in [5, 5.41) is 11.2. The van der Waals surface area contributed by atoms with E-state index in [2.05, 4.69) is 45.1 Å². The van der Waals surface area contributed by atoms with Crippen molar-refractivity contribution in [3.05, 3.63) is 47.0 Å². The minimum absolute atomic E-state index is 0.0576. The Morgan fingerprint density at radius 2 is 2.08 bits per heavy atom. The zero-order chi connectivity index (χ0) is 18.4. The van der Waals surface area contributed by atoms with E-state index >= 15 is 0 Å². The Kier molecular flexibility index (Phi) is 6.68. The molecule has 2 heterocycles. The predicted octanol–water partition coefficient (Wildman–Crippen LogP) is 3.81. The summed E-state index contributed by atoms with van der Waals surface area (Å²) < 4.78 is 0. The standard InChI is InChI=1S/C21H31N3OS/c1-23(2)20-22-14-19(26-20)15-24-13-7-12-21(16-24,17-25)11-6-10-18-8-4-3-5-9-18/h3-5,8-9,14,25H,6-7,10-13,15-17H2,1-2H3/t21-/m1/s1. The molecule has 0 radical (unpaired) electrons. The molecule has 1 saturated heterocycles. The molecule has 26 heavy (non-hydrogen) atoms. The molecule has 1 aliphatic rings. The van der Waals surface area contributed by atoms with Gasteiger partial charge in [-0.15, -0.1) is 11.3 Å². The topological polar surface area (TPSA) is 39.6 Å². The van der Waals surface area contributed by atoms with Gasteiger partial charge in [0.25, 0.3) is 0 Å². The Hall–Kier alpha value is -1.43. The van der Waals surface area contributed by atoms with Crippen molar-refractivity contribution in [2.24, 2.45) is 5.41 Å². The van der Waals surface area contributed by atoms with Crippen LogP contribution >= 0.6 is 11.3 Å². The number of aromatic nitrogens is 1. The van der Waals surface area contributed by atoms with E-state index in [4.69, 9.17) is 0 Å². The third-order valence-corrected chi connectivity index (χ3v) is 6.54. The SMILES string of the molecule is CN(C)c1ncc(CN2CCC[C@](CO)(CCCc3ccccc3)C2)s1. The molecule has 1 N–H and O–H groups in total. The van der Waals surface area contributed by atoms with Crippen molar-refractivity contribution in [1.82, 2.24) is 9.88 Å². The highest BCUT2D eigenvalue weighted by Gasteiger charge is 2.34. The fraction of sp³-hybridized carbons (Fsp3) is 0.571. The molecule has 0 saturated carbocycles. The molecular formula is C21H31N3OS. The molecule has 3 rings (SSSR count). The monoisotopic (exact) mass is 373 g/mol. The number of aliphatic hydroxyl groups excluding tert-OH is 1. The first-order valence-electron chi connectivity index (χ1n) is 9.59. The molecule has 1 fully saturated rings. The predicted molar refractivity (Wildman–Crippen MR) is 110 cm³/mol. The van der Waals surface area contributed by atoms with Crippen LogP contribution in [-0.2, 0) is 13.0 Å². The molecule has 5 heteroatoms. The number of thiazole rings is 1. The van der Waals surface area contributed by atoms with E-state index in [1.54, 1.807) is 11.3 Å². The number of nitrogens with zero attached hydrogens (tertiary/aromatic N) is 3. The van der Waals surface area contributed by atoms with Gasteiger partial charge in [0, 0.05) is 50.3 Å². The van der Waals surface area contributed by atoms with Crippen molar-refractivity contribution in [3.63, 3.8) is 0 Å². The molecule has 1 aromatic heterocycles. The van der Waals surface area contributed by atoms with Crippen LogP contribution in [0.3, 0.4) is 0 Å². The van der Waals surface area contributed by atoms with E-state index in [0.29, 0.717) is 6.61 Å². The number of benzene rings is 1. The molecule has 142 valence electrons. The van der Waals surface area contributed by atoms with Crippen LogP contribution < -0.4 is 4.90 Å². The highest BCUT2D eigenvalue weighted by molar-refractivity contribution is 7.15. The second-order valence-electron chi connectivity index (χ2n) is 7.82. The van der Waals surface area contributed by atoms with Gasteiger partial charge in [0.1, 0.15) is 0 Å². The van der Waals surface area contributed by atoms with Crippen molar-refractivity contribution in [2.45, 2.75) is 38.6 Å². The summed E-state index contributed by atoms with van der Waals surface area (Å²) in [7, 11) is 4.07. The molecule has 4 nitrogen and oxygen atoms in total. The maximum Gasteiger partial charge on any atom is 0.185 e. The van der Waals surface area contributed by atoms with Crippen molar-refractivity contribution in [3.8, 4) is 0 Å². The fourth-order valence-corrected chi connectivity index (χ4v) is 4.84. The molecule has 1 aliphatic heterocycles. The van der Waals surface area contributed by atoms with Crippen molar-refractivity contribution >= 4 is 16.5 Å². The van der Waals surface area contributed by atoms with Crippen LogP contribution in [0.5, 0.6) is 0 Å². The van der Waals surface area contributed by atoms with Gasteiger partial charge < -0.3 is 10.0 Å². The van der Waals surface area contributed by atoms with Crippen LogP contribution in [0.25, 0.3) is 0 Å². The molecule has 0 bridgehead atoms. The van der Waals surface area contributed by atoms with E-state index in [1.807, 2.05) is 20.3 Å². The first-order valence-corrected chi connectivity index (χ1v) is 10.4. The van der Waals surface area contributed by atoms with E-state index in [9.17, 15) is 5.11 Å². The molecule has 0 unspecified atom stereocenters. The highest BCUT2D eigenvalue weighted by Crippen LogP contribution is 2.36. The van der Waals surface area contributed by atoms with E-state index < -0.39 is 0 Å². The summed E-state index contributed by atoms with van der Waals surface area (Å²) >= 11 is 1.77. The Morgan fingerprint density at radius 3 is 2.77 bits per heavy atom. The Bertz CT molecular complexity index is 673. The summed E-state index contributed by atoms with van der Waals surface area (Å²) in [6.07, 6.45) is 7.66. The molecule has 1 aromatic carbocycles. The summed E-state index contributed by atoms with van der Waals surface area (Å²) in [6, 6.07) is 10.7. The maximum absolute atomic E-state index is 10.2. The number of rotatable bonds is 8.